The summed E-state index contributed by atoms with van der Waals surface area (Å²) in [6.07, 6.45) is 2.40. The van der Waals surface area contributed by atoms with Crippen molar-refractivity contribution in [1.29, 1.82) is 0 Å². The summed E-state index contributed by atoms with van der Waals surface area (Å²) in [5, 5.41) is 9.73. The highest BCUT2D eigenvalue weighted by Crippen LogP contribution is 2.32. The van der Waals surface area contributed by atoms with Crippen LogP contribution >= 0.6 is 24.8 Å². The first-order chi connectivity index (χ1) is 10.2. The van der Waals surface area contributed by atoms with Crippen LogP contribution in [-0.2, 0) is 4.79 Å². The van der Waals surface area contributed by atoms with Gasteiger partial charge in [-0.25, -0.2) is 0 Å². The van der Waals surface area contributed by atoms with E-state index in [0.717, 1.165) is 31.7 Å². The van der Waals surface area contributed by atoms with Gasteiger partial charge in [0.1, 0.15) is 11.8 Å². The Morgan fingerprint density at radius 2 is 2.00 bits per heavy atom. The molecule has 3 rings (SSSR count). The van der Waals surface area contributed by atoms with E-state index in [1.165, 1.54) is 12.8 Å². The number of piperazine rings is 1. The highest BCUT2D eigenvalue weighted by atomic mass is 35.5. The molecule has 0 spiro atoms. The third-order valence-electron chi connectivity index (χ3n) is 4.65. The fourth-order valence-corrected chi connectivity index (χ4v) is 3.63. The monoisotopic (exact) mass is 362 g/mol. The number of fused-ring (bicyclic) bond motifs is 1. The predicted octanol–water partition coefficient (Wildman–Crippen LogP) is 2.44. The van der Waals surface area contributed by atoms with Gasteiger partial charge in [-0.1, -0.05) is 18.2 Å². The first-order valence-corrected chi connectivity index (χ1v) is 7.54. The van der Waals surface area contributed by atoms with Gasteiger partial charge in [-0.2, -0.15) is 0 Å². The van der Waals surface area contributed by atoms with Crippen LogP contribution in [-0.4, -0.2) is 60.2 Å². The number of methoxy groups -OCH3 is 1. The Labute approximate surface area is 149 Å². The van der Waals surface area contributed by atoms with E-state index < -0.39 is 12.0 Å². The first kappa shape index (κ1) is 20.0. The lowest BCUT2D eigenvalue weighted by Gasteiger charge is -2.40. The van der Waals surface area contributed by atoms with Gasteiger partial charge in [-0.05, 0) is 25.5 Å². The van der Waals surface area contributed by atoms with Crippen molar-refractivity contribution in [2.45, 2.75) is 24.9 Å². The summed E-state index contributed by atoms with van der Waals surface area (Å²) in [4.78, 5) is 16.4. The second-order valence-corrected chi connectivity index (χ2v) is 5.81. The summed E-state index contributed by atoms with van der Waals surface area (Å²) in [7, 11) is 1.59. The van der Waals surface area contributed by atoms with Crippen LogP contribution in [0.1, 0.15) is 24.4 Å². The zero-order valence-electron chi connectivity index (χ0n) is 13.2. The fraction of sp³-hybridized carbons (Fsp3) is 0.562. The SMILES string of the molecule is COc1ccccc1C(C(=O)O)N1CCN2CCC[C@@H]2C1.Cl.Cl. The number of carbonyl (C=O) groups is 1. The molecule has 0 aromatic heterocycles. The highest BCUT2D eigenvalue weighted by molar-refractivity contribution is 5.85. The van der Waals surface area contributed by atoms with Crippen LogP contribution in [0.5, 0.6) is 5.75 Å². The van der Waals surface area contributed by atoms with E-state index in [1.54, 1.807) is 7.11 Å². The molecule has 2 heterocycles. The standard InChI is InChI=1S/C16H22N2O3.2ClH/c1-21-14-7-3-2-6-13(14)15(16(19)20)18-10-9-17-8-4-5-12(17)11-18;;/h2-3,6-7,12,15H,4-5,8-11H2,1H3,(H,19,20);2*1H/t12-,15?;;/m1../s1. The number of carboxylic acid groups (broad SMARTS) is 1. The number of rotatable bonds is 4. The zero-order valence-corrected chi connectivity index (χ0v) is 14.8. The molecule has 0 amide bonds. The van der Waals surface area contributed by atoms with Crippen molar-refractivity contribution in [1.82, 2.24) is 9.80 Å². The van der Waals surface area contributed by atoms with Crippen LogP contribution in [0.2, 0.25) is 0 Å². The maximum Gasteiger partial charge on any atom is 0.325 e. The van der Waals surface area contributed by atoms with Gasteiger partial charge in [0, 0.05) is 31.2 Å². The first-order valence-electron chi connectivity index (χ1n) is 7.54. The van der Waals surface area contributed by atoms with Crippen molar-refractivity contribution < 1.29 is 14.6 Å². The van der Waals surface area contributed by atoms with Gasteiger partial charge >= 0.3 is 5.97 Å². The number of hydrogen-bond donors (Lipinski definition) is 1. The average Bonchev–Trinajstić information content (AvgIpc) is 2.95. The largest absolute Gasteiger partial charge is 0.496 e. The molecule has 5 nitrogen and oxygen atoms in total. The number of para-hydroxylation sites is 1. The molecule has 0 aliphatic carbocycles. The Morgan fingerprint density at radius 3 is 2.70 bits per heavy atom. The molecule has 0 saturated carbocycles. The van der Waals surface area contributed by atoms with Crippen LogP contribution in [0, 0.1) is 0 Å². The van der Waals surface area contributed by atoms with E-state index >= 15 is 0 Å². The van der Waals surface area contributed by atoms with Crippen LogP contribution in [0.25, 0.3) is 0 Å². The Balaban J connectivity index is 0.00000132. The maximum absolute atomic E-state index is 11.8. The number of carboxylic acids is 1. The van der Waals surface area contributed by atoms with Crippen LogP contribution in [0.4, 0.5) is 0 Å². The Hall–Kier alpha value is -1.01. The van der Waals surface area contributed by atoms with Crippen LogP contribution < -0.4 is 4.74 Å². The van der Waals surface area contributed by atoms with Crippen molar-refractivity contribution in [2.24, 2.45) is 0 Å². The van der Waals surface area contributed by atoms with Crippen molar-refractivity contribution in [3.63, 3.8) is 0 Å². The van der Waals surface area contributed by atoms with Gasteiger partial charge in [0.05, 0.1) is 7.11 Å². The minimum atomic E-state index is -0.800. The average molecular weight is 363 g/mol. The van der Waals surface area contributed by atoms with Gasteiger partial charge in [-0.15, -0.1) is 24.8 Å². The molecular formula is C16H24Cl2N2O3. The summed E-state index contributed by atoms with van der Waals surface area (Å²) in [5.74, 6) is -0.148. The molecule has 1 aromatic rings. The van der Waals surface area contributed by atoms with Gasteiger partial charge in [0.25, 0.3) is 0 Å². The molecule has 7 heteroatoms. The van der Waals surface area contributed by atoms with Gasteiger partial charge in [-0.3, -0.25) is 14.6 Å². The summed E-state index contributed by atoms with van der Waals surface area (Å²) in [6.45, 7) is 3.75. The molecule has 1 N–H and O–H groups in total. The molecule has 1 aromatic carbocycles. The summed E-state index contributed by atoms with van der Waals surface area (Å²) >= 11 is 0. The topological polar surface area (TPSA) is 53.0 Å². The Bertz CT molecular complexity index is 530. The maximum atomic E-state index is 11.8. The molecule has 2 aliphatic heterocycles. The third-order valence-corrected chi connectivity index (χ3v) is 4.65. The third kappa shape index (κ3) is 4.10. The quantitative estimate of drug-likeness (QED) is 0.891. The second-order valence-electron chi connectivity index (χ2n) is 5.81. The van der Waals surface area contributed by atoms with Gasteiger partial charge < -0.3 is 9.84 Å². The molecule has 0 radical (unpaired) electrons. The van der Waals surface area contributed by atoms with Crippen LogP contribution in [0.15, 0.2) is 24.3 Å². The predicted molar refractivity (Wildman–Crippen MR) is 94.0 cm³/mol. The van der Waals surface area contributed by atoms with Crippen molar-refractivity contribution >= 4 is 30.8 Å². The van der Waals surface area contributed by atoms with E-state index in [0.29, 0.717) is 11.8 Å². The number of halogens is 2. The molecule has 23 heavy (non-hydrogen) atoms. The molecule has 2 saturated heterocycles. The van der Waals surface area contributed by atoms with Crippen LogP contribution in [0.3, 0.4) is 0 Å². The molecule has 2 aliphatic rings. The highest BCUT2D eigenvalue weighted by Gasteiger charge is 2.37. The summed E-state index contributed by atoms with van der Waals surface area (Å²) < 4.78 is 5.35. The number of ether oxygens (including phenoxy) is 1. The number of aliphatic carboxylic acids is 1. The lowest BCUT2D eigenvalue weighted by Crippen LogP contribution is -2.52. The van der Waals surface area contributed by atoms with E-state index in [1.807, 2.05) is 24.3 Å². The minimum Gasteiger partial charge on any atom is -0.496 e. The normalized spacial score (nSPS) is 22.4. The van der Waals surface area contributed by atoms with E-state index in [2.05, 4.69) is 9.80 Å². The van der Waals surface area contributed by atoms with E-state index in [4.69, 9.17) is 4.74 Å². The fourth-order valence-electron chi connectivity index (χ4n) is 3.63. The molecule has 130 valence electrons. The molecule has 0 bridgehead atoms. The smallest absolute Gasteiger partial charge is 0.325 e. The van der Waals surface area contributed by atoms with E-state index in [9.17, 15) is 9.90 Å². The molecule has 2 atom stereocenters. The summed E-state index contributed by atoms with van der Waals surface area (Å²) in [5.41, 5.74) is 0.749. The number of hydrogen-bond acceptors (Lipinski definition) is 4. The zero-order chi connectivity index (χ0) is 14.8. The Kier molecular flexibility index (Phi) is 7.61. The summed E-state index contributed by atoms with van der Waals surface area (Å²) in [6, 6.07) is 7.32. The van der Waals surface area contributed by atoms with Crippen molar-refractivity contribution in [3.8, 4) is 5.75 Å². The Morgan fingerprint density at radius 1 is 1.26 bits per heavy atom. The van der Waals surface area contributed by atoms with Crippen molar-refractivity contribution in [2.75, 3.05) is 33.3 Å². The lowest BCUT2D eigenvalue weighted by atomic mass is 10.0. The molecular weight excluding hydrogens is 339 g/mol. The van der Waals surface area contributed by atoms with Gasteiger partial charge in [0.2, 0.25) is 0 Å². The van der Waals surface area contributed by atoms with E-state index in [-0.39, 0.29) is 24.8 Å². The lowest BCUT2D eigenvalue weighted by molar-refractivity contribution is -0.144. The second kappa shape index (κ2) is 8.73. The van der Waals surface area contributed by atoms with Crippen molar-refractivity contribution in [3.05, 3.63) is 29.8 Å². The van der Waals surface area contributed by atoms with Gasteiger partial charge in [0.15, 0.2) is 0 Å². The molecule has 2 fully saturated rings. The minimum absolute atomic E-state index is 0. The number of benzene rings is 1. The molecule has 1 unspecified atom stereocenters. The number of nitrogens with zero attached hydrogens (tertiary/aromatic N) is 2.